The summed E-state index contributed by atoms with van der Waals surface area (Å²) in [5, 5.41) is 16.4. The predicted molar refractivity (Wildman–Crippen MR) is 79.5 cm³/mol. The number of carbonyl (C=O) groups excluding carboxylic acids is 1. The van der Waals surface area contributed by atoms with Crippen molar-refractivity contribution < 1.29 is 9.90 Å². The summed E-state index contributed by atoms with van der Waals surface area (Å²) < 4.78 is 1.86. The molecule has 20 heavy (non-hydrogen) atoms. The van der Waals surface area contributed by atoms with E-state index < -0.39 is 0 Å². The quantitative estimate of drug-likeness (QED) is 0.796. The van der Waals surface area contributed by atoms with Crippen molar-refractivity contribution >= 4 is 5.91 Å². The van der Waals surface area contributed by atoms with Gasteiger partial charge in [-0.3, -0.25) is 9.48 Å². The molecule has 0 radical (unpaired) electrons. The van der Waals surface area contributed by atoms with Crippen LogP contribution >= 0.6 is 0 Å². The zero-order valence-electron chi connectivity index (χ0n) is 13.2. The summed E-state index contributed by atoms with van der Waals surface area (Å²) in [5.41, 5.74) is 3.27. The third kappa shape index (κ3) is 4.07. The van der Waals surface area contributed by atoms with E-state index in [2.05, 4.69) is 10.4 Å². The molecular formula is C15H27N3O2. The minimum atomic E-state index is -0.0932. The molecule has 2 unspecified atom stereocenters. The second-order valence-electron chi connectivity index (χ2n) is 5.50. The number of rotatable bonds is 7. The highest BCUT2D eigenvalue weighted by Crippen LogP contribution is 2.17. The first-order chi connectivity index (χ1) is 9.40. The lowest BCUT2D eigenvalue weighted by Gasteiger charge is -2.19. The lowest BCUT2D eigenvalue weighted by atomic mass is 9.98. The van der Waals surface area contributed by atoms with Crippen molar-refractivity contribution in [3.05, 3.63) is 17.0 Å². The molecule has 0 aliphatic rings. The van der Waals surface area contributed by atoms with E-state index >= 15 is 0 Å². The summed E-state index contributed by atoms with van der Waals surface area (Å²) in [6, 6.07) is 0.0612. The normalized spacial score (nSPS) is 14.1. The Morgan fingerprint density at radius 2 is 2.10 bits per heavy atom. The Bertz CT molecular complexity index is 454. The van der Waals surface area contributed by atoms with Crippen LogP contribution in [0.4, 0.5) is 0 Å². The van der Waals surface area contributed by atoms with Crippen LogP contribution in [0.25, 0.3) is 0 Å². The first kappa shape index (κ1) is 16.7. The summed E-state index contributed by atoms with van der Waals surface area (Å²) in [6.07, 6.45) is 2.15. The first-order valence-electron chi connectivity index (χ1n) is 7.30. The molecule has 5 heteroatoms. The van der Waals surface area contributed by atoms with Crippen LogP contribution in [0, 0.1) is 19.8 Å². The number of aromatic nitrogens is 2. The van der Waals surface area contributed by atoms with Crippen molar-refractivity contribution in [2.75, 3.05) is 6.61 Å². The van der Waals surface area contributed by atoms with E-state index in [0.717, 1.165) is 23.4 Å². The van der Waals surface area contributed by atoms with Gasteiger partial charge in [-0.1, -0.05) is 13.8 Å². The van der Waals surface area contributed by atoms with E-state index in [9.17, 15) is 4.79 Å². The van der Waals surface area contributed by atoms with Crippen molar-refractivity contribution in [2.24, 2.45) is 13.0 Å². The molecule has 1 amide bonds. The monoisotopic (exact) mass is 281 g/mol. The van der Waals surface area contributed by atoms with Gasteiger partial charge in [-0.05, 0) is 38.7 Å². The van der Waals surface area contributed by atoms with Crippen molar-refractivity contribution in [2.45, 2.75) is 53.0 Å². The van der Waals surface area contributed by atoms with Crippen LogP contribution in [0.3, 0.4) is 0 Å². The molecule has 2 N–H and O–H groups in total. The molecule has 0 fully saturated rings. The summed E-state index contributed by atoms with van der Waals surface area (Å²) >= 11 is 0. The zero-order chi connectivity index (χ0) is 15.3. The highest BCUT2D eigenvalue weighted by Gasteiger charge is 2.20. The number of amides is 1. The fourth-order valence-corrected chi connectivity index (χ4v) is 2.39. The molecule has 0 spiro atoms. The molecule has 0 aliphatic carbocycles. The predicted octanol–water partition coefficient (Wildman–Crippen LogP) is 1.49. The van der Waals surface area contributed by atoms with Gasteiger partial charge in [0.15, 0.2) is 0 Å². The van der Waals surface area contributed by atoms with Gasteiger partial charge in [-0.15, -0.1) is 0 Å². The average molecular weight is 281 g/mol. The SMILES string of the molecule is CCC(CCO)NC(=O)C(C)Cc1c(C)nn(C)c1C. The summed E-state index contributed by atoms with van der Waals surface area (Å²) in [5.74, 6) is -0.0442. The Balaban J connectivity index is 2.66. The first-order valence-corrected chi connectivity index (χ1v) is 7.30. The molecule has 0 saturated carbocycles. The molecule has 0 aliphatic heterocycles. The van der Waals surface area contributed by atoms with Gasteiger partial charge < -0.3 is 10.4 Å². The van der Waals surface area contributed by atoms with Crippen LogP contribution in [0.2, 0.25) is 0 Å². The maximum atomic E-state index is 12.2. The molecule has 0 saturated heterocycles. The van der Waals surface area contributed by atoms with Crippen LogP contribution in [-0.2, 0) is 18.3 Å². The van der Waals surface area contributed by atoms with Crippen LogP contribution in [0.5, 0.6) is 0 Å². The van der Waals surface area contributed by atoms with Gasteiger partial charge in [0.05, 0.1) is 5.69 Å². The standard InChI is InChI=1S/C15H27N3O2/c1-6-13(7-8-19)16-15(20)10(2)9-14-11(3)17-18(5)12(14)4/h10,13,19H,6-9H2,1-5H3,(H,16,20). The molecule has 2 atom stereocenters. The Morgan fingerprint density at radius 3 is 2.55 bits per heavy atom. The van der Waals surface area contributed by atoms with Crippen LogP contribution in [-0.4, -0.2) is 33.4 Å². The number of nitrogens with zero attached hydrogens (tertiary/aromatic N) is 2. The minimum absolute atomic E-state index is 0.0490. The molecule has 5 nitrogen and oxygen atoms in total. The molecule has 0 aromatic carbocycles. The molecule has 114 valence electrons. The third-order valence-electron chi connectivity index (χ3n) is 3.93. The van der Waals surface area contributed by atoms with Gasteiger partial charge in [0.25, 0.3) is 0 Å². The van der Waals surface area contributed by atoms with Gasteiger partial charge in [0, 0.05) is 31.3 Å². The minimum Gasteiger partial charge on any atom is -0.396 e. The largest absolute Gasteiger partial charge is 0.396 e. The molecule has 1 rings (SSSR count). The fourth-order valence-electron chi connectivity index (χ4n) is 2.39. The molecular weight excluding hydrogens is 254 g/mol. The zero-order valence-corrected chi connectivity index (χ0v) is 13.2. The van der Waals surface area contributed by atoms with Crippen LogP contribution in [0.1, 0.15) is 43.6 Å². The lowest BCUT2D eigenvalue weighted by Crippen LogP contribution is -2.39. The van der Waals surface area contributed by atoms with Crippen LogP contribution < -0.4 is 5.32 Å². The van der Waals surface area contributed by atoms with Gasteiger partial charge in [0.2, 0.25) is 5.91 Å². The average Bonchev–Trinajstić information content (AvgIpc) is 2.64. The van der Waals surface area contributed by atoms with Gasteiger partial charge in [0.1, 0.15) is 0 Å². The van der Waals surface area contributed by atoms with Gasteiger partial charge >= 0.3 is 0 Å². The number of aliphatic hydroxyl groups excluding tert-OH is 1. The maximum absolute atomic E-state index is 12.2. The van der Waals surface area contributed by atoms with E-state index in [1.165, 1.54) is 0 Å². The van der Waals surface area contributed by atoms with E-state index in [1.54, 1.807) is 0 Å². The highest BCUT2D eigenvalue weighted by atomic mass is 16.3. The van der Waals surface area contributed by atoms with E-state index in [-0.39, 0.29) is 24.5 Å². The summed E-state index contributed by atoms with van der Waals surface area (Å²) in [7, 11) is 1.92. The number of nitrogens with one attached hydrogen (secondary N) is 1. The van der Waals surface area contributed by atoms with Crippen molar-refractivity contribution in [1.82, 2.24) is 15.1 Å². The lowest BCUT2D eigenvalue weighted by molar-refractivity contribution is -0.125. The summed E-state index contributed by atoms with van der Waals surface area (Å²) in [4.78, 5) is 12.2. The number of aliphatic hydroxyl groups is 1. The van der Waals surface area contributed by atoms with Crippen molar-refractivity contribution in [3.8, 4) is 0 Å². The molecule has 1 aromatic rings. The number of hydrogen-bond acceptors (Lipinski definition) is 3. The maximum Gasteiger partial charge on any atom is 0.223 e. The Labute approximate surface area is 121 Å². The summed E-state index contributed by atoms with van der Waals surface area (Å²) in [6.45, 7) is 8.07. The van der Waals surface area contributed by atoms with E-state index in [0.29, 0.717) is 12.8 Å². The molecule has 1 heterocycles. The third-order valence-corrected chi connectivity index (χ3v) is 3.93. The van der Waals surface area contributed by atoms with Crippen LogP contribution in [0.15, 0.2) is 0 Å². The van der Waals surface area contributed by atoms with Gasteiger partial charge in [-0.2, -0.15) is 5.10 Å². The Hall–Kier alpha value is -1.36. The molecule has 0 bridgehead atoms. The fraction of sp³-hybridized carbons (Fsp3) is 0.733. The second kappa shape index (κ2) is 7.43. The number of carbonyl (C=O) groups is 1. The second-order valence-corrected chi connectivity index (χ2v) is 5.50. The van der Waals surface area contributed by atoms with Crippen molar-refractivity contribution in [1.29, 1.82) is 0 Å². The van der Waals surface area contributed by atoms with E-state index in [4.69, 9.17) is 5.11 Å². The Morgan fingerprint density at radius 1 is 1.45 bits per heavy atom. The smallest absolute Gasteiger partial charge is 0.223 e. The van der Waals surface area contributed by atoms with Crippen molar-refractivity contribution in [3.63, 3.8) is 0 Å². The number of hydrogen-bond donors (Lipinski definition) is 2. The highest BCUT2D eigenvalue weighted by molar-refractivity contribution is 5.79. The number of aryl methyl sites for hydroxylation is 2. The van der Waals surface area contributed by atoms with E-state index in [1.807, 2.05) is 39.4 Å². The Kier molecular flexibility index (Phi) is 6.20. The van der Waals surface area contributed by atoms with Gasteiger partial charge in [-0.25, -0.2) is 0 Å². The molecule has 1 aromatic heterocycles. The topological polar surface area (TPSA) is 67.2 Å².